The molecule has 4 aromatic carbocycles. The Labute approximate surface area is 346 Å². The smallest absolute Gasteiger partial charge is 0.251 e. The third kappa shape index (κ3) is 12.6. The number of ether oxygens (including phenoxy) is 1. The number of nitrogens with two attached hydrogens (primary N) is 1. The number of rotatable bonds is 17. The second-order valence-electron chi connectivity index (χ2n) is 15.4. The summed E-state index contributed by atoms with van der Waals surface area (Å²) < 4.78 is 5.81. The number of carbonyl (C=O) groups is 5. The molecule has 2 aliphatic rings. The predicted octanol–water partition coefficient (Wildman–Crippen LogP) is 4.38. The van der Waals surface area contributed by atoms with Gasteiger partial charge < -0.3 is 36.2 Å². The van der Waals surface area contributed by atoms with E-state index in [2.05, 4.69) is 16.0 Å². The highest BCUT2D eigenvalue weighted by Crippen LogP contribution is 2.27. The second kappa shape index (κ2) is 21.8. The van der Waals surface area contributed by atoms with Crippen LogP contribution in [0.25, 0.3) is 11.1 Å². The van der Waals surface area contributed by atoms with E-state index in [4.69, 9.17) is 10.5 Å². The summed E-state index contributed by atoms with van der Waals surface area (Å²) in [4.78, 5) is 69.3. The molecule has 1 aliphatic heterocycles. The van der Waals surface area contributed by atoms with Crippen LogP contribution in [0.5, 0.6) is 0 Å². The van der Waals surface area contributed by atoms with E-state index in [9.17, 15) is 24.0 Å². The van der Waals surface area contributed by atoms with Gasteiger partial charge in [0.2, 0.25) is 17.7 Å². The first kappa shape index (κ1) is 42.7. The van der Waals surface area contributed by atoms with E-state index in [0.29, 0.717) is 56.8 Å². The minimum absolute atomic E-state index is 0.0782. The molecule has 0 aromatic heterocycles. The van der Waals surface area contributed by atoms with E-state index in [-0.39, 0.29) is 61.1 Å². The summed E-state index contributed by atoms with van der Waals surface area (Å²) in [6.07, 6.45) is 6.59. The zero-order valence-electron chi connectivity index (χ0n) is 33.7. The van der Waals surface area contributed by atoms with Crippen molar-refractivity contribution in [1.82, 2.24) is 25.8 Å². The molecular formula is C47H56N6O6. The van der Waals surface area contributed by atoms with Gasteiger partial charge >= 0.3 is 0 Å². The van der Waals surface area contributed by atoms with Crippen molar-refractivity contribution in [3.63, 3.8) is 0 Å². The van der Waals surface area contributed by atoms with Crippen molar-refractivity contribution in [1.29, 1.82) is 0 Å². The number of amides is 5. The first-order valence-corrected chi connectivity index (χ1v) is 20.8. The summed E-state index contributed by atoms with van der Waals surface area (Å²) >= 11 is 0. The summed E-state index contributed by atoms with van der Waals surface area (Å²) in [6.45, 7) is 1.98. The Morgan fingerprint density at radius 1 is 0.695 bits per heavy atom. The lowest BCUT2D eigenvalue weighted by Gasteiger charge is -2.41. The average Bonchev–Trinajstić information content (AvgIpc) is 3.29. The molecule has 310 valence electrons. The standard InChI is InChI=1S/C47H56N6O6/c48-44(38-14-8-3-9-15-38)47(58)53-28-29-59-33-41(53)32-52(27-25-35-12-6-2-7-13-35)43(55)31-51-46(57)40-22-18-37(19-23-40)36-16-20-39(21-17-36)45(56)50-30-42(54)49-26-24-34-10-4-1-5-11-34/h1-2,4-7,10-13,16-23,38,41,44H,3,8-9,14-15,24-33,48H2,(H,49,54)(H,50,56)(H,51,57)/t41-,44+/m1/s1. The number of hydrogen-bond donors (Lipinski definition) is 4. The van der Waals surface area contributed by atoms with Crippen molar-refractivity contribution in [2.24, 2.45) is 11.7 Å². The predicted molar refractivity (Wildman–Crippen MR) is 227 cm³/mol. The van der Waals surface area contributed by atoms with Crippen molar-refractivity contribution in [3.8, 4) is 11.1 Å². The van der Waals surface area contributed by atoms with Crippen LogP contribution in [0, 0.1) is 5.92 Å². The molecule has 0 unspecified atom stereocenters. The highest BCUT2D eigenvalue weighted by molar-refractivity contribution is 5.98. The zero-order chi connectivity index (χ0) is 41.4. The van der Waals surface area contributed by atoms with Gasteiger partial charge in [-0.2, -0.15) is 0 Å². The van der Waals surface area contributed by atoms with Crippen LogP contribution in [0.4, 0.5) is 0 Å². The van der Waals surface area contributed by atoms with Crippen LogP contribution >= 0.6 is 0 Å². The minimum Gasteiger partial charge on any atom is -0.377 e. The third-order valence-corrected chi connectivity index (χ3v) is 11.3. The maximum Gasteiger partial charge on any atom is 0.251 e. The van der Waals surface area contributed by atoms with Gasteiger partial charge in [0.15, 0.2) is 0 Å². The molecular weight excluding hydrogens is 745 g/mol. The lowest BCUT2D eigenvalue weighted by Crippen LogP contribution is -2.59. The summed E-state index contributed by atoms with van der Waals surface area (Å²) in [5, 5.41) is 8.27. The number of morpholine rings is 1. The van der Waals surface area contributed by atoms with Crippen molar-refractivity contribution in [2.45, 2.75) is 57.0 Å². The molecule has 1 heterocycles. The van der Waals surface area contributed by atoms with E-state index in [1.807, 2.05) is 89.8 Å². The first-order chi connectivity index (χ1) is 28.7. The van der Waals surface area contributed by atoms with Gasteiger partial charge in [0, 0.05) is 37.3 Å². The lowest BCUT2D eigenvalue weighted by molar-refractivity contribution is -0.146. The molecule has 1 saturated heterocycles. The molecule has 12 heteroatoms. The van der Waals surface area contributed by atoms with Gasteiger partial charge in [-0.1, -0.05) is 104 Å². The highest BCUT2D eigenvalue weighted by Gasteiger charge is 2.36. The lowest BCUT2D eigenvalue weighted by atomic mass is 9.83. The van der Waals surface area contributed by atoms with Gasteiger partial charge in [0.25, 0.3) is 11.8 Å². The Morgan fingerprint density at radius 2 is 1.25 bits per heavy atom. The molecule has 0 radical (unpaired) electrons. The van der Waals surface area contributed by atoms with Crippen LogP contribution in [-0.4, -0.2) is 104 Å². The molecule has 0 spiro atoms. The summed E-state index contributed by atoms with van der Waals surface area (Å²) in [6, 6.07) is 32.8. The minimum atomic E-state index is -0.567. The van der Waals surface area contributed by atoms with Crippen LogP contribution < -0.4 is 21.7 Å². The second-order valence-corrected chi connectivity index (χ2v) is 15.4. The number of nitrogens with zero attached hydrogens (tertiary/aromatic N) is 2. The Hall–Kier alpha value is -5.85. The molecule has 1 aliphatic carbocycles. The van der Waals surface area contributed by atoms with Crippen LogP contribution in [0.2, 0.25) is 0 Å². The van der Waals surface area contributed by atoms with Crippen LogP contribution in [0.1, 0.15) is 63.9 Å². The highest BCUT2D eigenvalue weighted by atomic mass is 16.5. The molecule has 2 fully saturated rings. The Bertz CT molecular complexity index is 1990. The largest absolute Gasteiger partial charge is 0.377 e. The fourth-order valence-electron chi connectivity index (χ4n) is 7.78. The zero-order valence-corrected chi connectivity index (χ0v) is 33.7. The maximum atomic E-state index is 13.8. The Morgan fingerprint density at radius 3 is 1.85 bits per heavy atom. The first-order valence-electron chi connectivity index (χ1n) is 20.8. The van der Waals surface area contributed by atoms with Gasteiger partial charge in [0.05, 0.1) is 38.4 Å². The topological polar surface area (TPSA) is 163 Å². The molecule has 0 bridgehead atoms. The van der Waals surface area contributed by atoms with E-state index in [1.54, 1.807) is 29.2 Å². The van der Waals surface area contributed by atoms with Gasteiger partial charge in [-0.05, 0) is 78.1 Å². The van der Waals surface area contributed by atoms with E-state index in [0.717, 1.165) is 47.9 Å². The fourth-order valence-corrected chi connectivity index (χ4v) is 7.78. The van der Waals surface area contributed by atoms with E-state index in [1.165, 1.54) is 6.42 Å². The molecule has 2 atom stereocenters. The van der Waals surface area contributed by atoms with Crippen molar-refractivity contribution in [3.05, 3.63) is 131 Å². The molecule has 1 saturated carbocycles. The Kier molecular flexibility index (Phi) is 15.8. The number of hydrogen-bond acceptors (Lipinski definition) is 7. The maximum absolute atomic E-state index is 13.8. The SMILES string of the molecule is N[C@H](C(=O)N1CCOC[C@H]1CN(CCc1ccccc1)C(=O)CNC(=O)c1ccc(-c2ccc(C(=O)NCC(=O)NCCc3ccccc3)cc2)cc1)C1CCCCC1. The van der Waals surface area contributed by atoms with E-state index < -0.39 is 6.04 Å². The average molecular weight is 801 g/mol. The number of benzene rings is 4. The van der Waals surface area contributed by atoms with Gasteiger partial charge in [-0.15, -0.1) is 0 Å². The number of nitrogens with one attached hydrogen (secondary N) is 3. The van der Waals surface area contributed by atoms with Crippen LogP contribution in [-0.2, 0) is 32.0 Å². The molecule has 4 aromatic rings. The third-order valence-electron chi connectivity index (χ3n) is 11.3. The van der Waals surface area contributed by atoms with Gasteiger partial charge in [-0.3, -0.25) is 24.0 Å². The summed E-state index contributed by atoms with van der Waals surface area (Å²) in [5.74, 6) is -1.17. The summed E-state index contributed by atoms with van der Waals surface area (Å²) in [5.41, 5.74) is 11.3. The quantitative estimate of drug-likeness (QED) is 0.123. The van der Waals surface area contributed by atoms with E-state index >= 15 is 0 Å². The van der Waals surface area contributed by atoms with Gasteiger partial charge in [-0.25, -0.2) is 0 Å². The fraction of sp³-hybridized carbons (Fsp3) is 0.383. The summed E-state index contributed by atoms with van der Waals surface area (Å²) in [7, 11) is 0. The molecule has 5 amide bonds. The van der Waals surface area contributed by atoms with Gasteiger partial charge in [0.1, 0.15) is 0 Å². The van der Waals surface area contributed by atoms with Crippen molar-refractivity contribution in [2.75, 3.05) is 52.5 Å². The monoisotopic (exact) mass is 800 g/mol. The molecule has 6 rings (SSSR count). The molecule has 59 heavy (non-hydrogen) atoms. The van der Waals surface area contributed by atoms with Crippen molar-refractivity contribution >= 4 is 29.5 Å². The number of carbonyl (C=O) groups excluding carboxylic acids is 5. The molecule has 12 nitrogen and oxygen atoms in total. The van der Waals surface area contributed by atoms with Crippen LogP contribution in [0.3, 0.4) is 0 Å². The van der Waals surface area contributed by atoms with Crippen LogP contribution in [0.15, 0.2) is 109 Å². The molecule has 5 N–H and O–H groups in total. The Balaban J connectivity index is 1.00. The van der Waals surface area contributed by atoms with Crippen molar-refractivity contribution < 1.29 is 28.7 Å². The normalized spacial score (nSPS) is 16.1.